The molecule has 1 atom stereocenters. The van der Waals surface area contributed by atoms with Crippen LogP contribution in [0.2, 0.25) is 0 Å². The van der Waals surface area contributed by atoms with Crippen LogP contribution in [-0.2, 0) is 9.53 Å². The molecule has 1 fully saturated rings. The fraction of sp³-hybridized carbons (Fsp3) is 0.938. The van der Waals surface area contributed by atoms with Crippen LogP contribution in [0.3, 0.4) is 0 Å². The summed E-state index contributed by atoms with van der Waals surface area (Å²) in [4.78, 5) is 10.9. The van der Waals surface area contributed by atoms with Crippen molar-refractivity contribution >= 4 is 5.97 Å². The Labute approximate surface area is 112 Å². The summed E-state index contributed by atoms with van der Waals surface area (Å²) < 4.78 is 5.20. The van der Waals surface area contributed by atoms with E-state index in [4.69, 9.17) is 4.74 Å². The van der Waals surface area contributed by atoms with Crippen LogP contribution in [0.25, 0.3) is 0 Å². The molecule has 0 saturated carbocycles. The third kappa shape index (κ3) is 7.73. The molecule has 1 aliphatic rings. The lowest BCUT2D eigenvalue weighted by Gasteiger charge is -2.08. The first-order valence-electron chi connectivity index (χ1n) is 8.02. The summed E-state index contributed by atoms with van der Waals surface area (Å²) in [5.74, 6) is 0.00655. The zero-order chi connectivity index (χ0) is 13.1. The van der Waals surface area contributed by atoms with Crippen molar-refractivity contribution in [3.63, 3.8) is 0 Å². The van der Waals surface area contributed by atoms with Crippen molar-refractivity contribution in [3.8, 4) is 0 Å². The lowest BCUT2D eigenvalue weighted by Crippen LogP contribution is -2.06. The highest BCUT2D eigenvalue weighted by Crippen LogP contribution is 2.20. The van der Waals surface area contributed by atoms with E-state index < -0.39 is 0 Å². The number of rotatable bonds is 11. The summed E-state index contributed by atoms with van der Waals surface area (Å²) in [5, 5.41) is 0. The van der Waals surface area contributed by atoms with Gasteiger partial charge in [-0.3, -0.25) is 4.79 Å². The highest BCUT2D eigenvalue weighted by atomic mass is 16.5. The maximum Gasteiger partial charge on any atom is 0.306 e. The molecule has 1 aliphatic heterocycles. The van der Waals surface area contributed by atoms with Crippen LogP contribution in [0, 0.1) is 0 Å². The zero-order valence-corrected chi connectivity index (χ0v) is 12.1. The topological polar surface area (TPSA) is 26.3 Å². The predicted molar refractivity (Wildman–Crippen MR) is 75.6 cm³/mol. The number of hydrogen-bond donors (Lipinski definition) is 0. The Balaban J connectivity index is 1.75. The van der Waals surface area contributed by atoms with Gasteiger partial charge in [0.05, 0.1) is 0 Å². The minimum Gasteiger partial charge on any atom is -0.462 e. The van der Waals surface area contributed by atoms with Crippen LogP contribution in [0.1, 0.15) is 90.4 Å². The van der Waals surface area contributed by atoms with Crippen LogP contribution < -0.4 is 0 Å². The molecule has 1 heterocycles. The smallest absolute Gasteiger partial charge is 0.306 e. The molecule has 0 aliphatic carbocycles. The number of esters is 1. The van der Waals surface area contributed by atoms with Gasteiger partial charge < -0.3 is 4.74 Å². The molecule has 0 N–H and O–H groups in total. The highest BCUT2D eigenvalue weighted by molar-refractivity contribution is 5.71. The summed E-state index contributed by atoms with van der Waals surface area (Å²) in [6.07, 6.45) is 16.6. The van der Waals surface area contributed by atoms with E-state index in [1.54, 1.807) is 0 Å². The standard InChI is InChI=1S/C16H30O2/c1-2-3-4-5-6-7-8-9-10-11-12-15-13-14-16(17)18-15/h15H,2-14H2,1H3/t15-/m1/s1. The summed E-state index contributed by atoms with van der Waals surface area (Å²) in [6, 6.07) is 0. The number of cyclic esters (lactones) is 1. The maximum absolute atomic E-state index is 10.9. The van der Waals surface area contributed by atoms with Gasteiger partial charge in [-0.15, -0.1) is 0 Å². The Bertz CT molecular complexity index is 213. The Morgan fingerprint density at radius 2 is 1.50 bits per heavy atom. The number of ether oxygens (including phenoxy) is 1. The van der Waals surface area contributed by atoms with E-state index in [0.717, 1.165) is 12.8 Å². The Hall–Kier alpha value is -0.530. The SMILES string of the molecule is CCCCCCCCCCCC[C@@H]1CCC(=O)O1. The number of hydrogen-bond acceptors (Lipinski definition) is 2. The van der Waals surface area contributed by atoms with Crippen molar-refractivity contribution < 1.29 is 9.53 Å². The number of carbonyl (C=O) groups excluding carboxylic acids is 1. The lowest BCUT2D eigenvalue weighted by molar-refractivity contribution is -0.141. The van der Waals surface area contributed by atoms with E-state index in [1.807, 2.05) is 0 Å². The molecule has 18 heavy (non-hydrogen) atoms. The largest absolute Gasteiger partial charge is 0.462 e. The van der Waals surface area contributed by atoms with Gasteiger partial charge >= 0.3 is 5.97 Å². The normalized spacial score (nSPS) is 19.2. The van der Waals surface area contributed by atoms with Gasteiger partial charge in [-0.05, 0) is 19.3 Å². The van der Waals surface area contributed by atoms with E-state index in [-0.39, 0.29) is 12.1 Å². The lowest BCUT2D eigenvalue weighted by atomic mass is 10.0. The fourth-order valence-corrected chi connectivity index (χ4v) is 2.65. The van der Waals surface area contributed by atoms with Crippen molar-refractivity contribution in [2.45, 2.75) is 96.5 Å². The first-order chi connectivity index (χ1) is 8.83. The number of unbranched alkanes of at least 4 members (excludes halogenated alkanes) is 9. The molecule has 2 heteroatoms. The molecule has 0 aromatic rings. The summed E-state index contributed by atoms with van der Waals surface area (Å²) in [5.41, 5.74) is 0. The second-order valence-electron chi connectivity index (χ2n) is 5.62. The minimum absolute atomic E-state index is 0.00655. The van der Waals surface area contributed by atoms with Crippen LogP contribution in [0.4, 0.5) is 0 Å². The van der Waals surface area contributed by atoms with Crippen molar-refractivity contribution in [2.75, 3.05) is 0 Å². The van der Waals surface area contributed by atoms with Crippen LogP contribution in [0.5, 0.6) is 0 Å². The average molecular weight is 254 g/mol. The third-order valence-electron chi connectivity index (χ3n) is 3.85. The van der Waals surface area contributed by atoms with E-state index in [9.17, 15) is 4.79 Å². The molecule has 0 amide bonds. The van der Waals surface area contributed by atoms with Gasteiger partial charge in [0.1, 0.15) is 6.10 Å². The van der Waals surface area contributed by atoms with Gasteiger partial charge in [0.15, 0.2) is 0 Å². The highest BCUT2D eigenvalue weighted by Gasteiger charge is 2.22. The molecule has 1 saturated heterocycles. The summed E-state index contributed by atoms with van der Waals surface area (Å²) in [6.45, 7) is 2.27. The van der Waals surface area contributed by atoms with Gasteiger partial charge in [0, 0.05) is 6.42 Å². The molecule has 1 rings (SSSR count). The Kier molecular flexibility index (Phi) is 8.97. The molecule has 106 valence electrons. The van der Waals surface area contributed by atoms with Gasteiger partial charge in [-0.2, -0.15) is 0 Å². The Morgan fingerprint density at radius 1 is 0.944 bits per heavy atom. The van der Waals surface area contributed by atoms with Gasteiger partial charge in [-0.25, -0.2) is 0 Å². The van der Waals surface area contributed by atoms with E-state index in [0.29, 0.717) is 6.42 Å². The Morgan fingerprint density at radius 3 is 2.00 bits per heavy atom. The molecule has 0 bridgehead atoms. The van der Waals surface area contributed by atoms with Gasteiger partial charge in [0.2, 0.25) is 0 Å². The summed E-state index contributed by atoms with van der Waals surface area (Å²) >= 11 is 0. The molecule has 2 nitrogen and oxygen atoms in total. The molecular formula is C16H30O2. The second-order valence-corrected chi connectivity index (χ2v) is 5.62. The van der Waals surface area contributed by atoms with E-state index in [1.165, 1.54) is 64.2 Å². The van der Waals surface area contributed by atoms with Crippen molar-refractivity contribution in [1.29, 1.82) is 0 Å². The van der Waals surface area contributed by atoms with E-state index >= 15 is 0 Å². The monoisotopic (exact) mass is 254 g/mol. The molecule has 0 unspecified atom stereocenters. The summed E-state index contributed by atoms with van der Waals surface area (Å²) in [7, 11) is 0. The minimum atomic E-state index is 0.00655. The molecule has 0 aromatic heterocycles. The molecule has 0 spiro atoms. The van der Waals surface area contributed by atoms with E-state index in [2.05, 4.69) is 6.92 Å². The zero-order valence-electron chi connectivity index (χ0n) is 12.1. The van der Waals surface area contributed by atoms with Crippen molar-refractivity contribution in [2.24, 2.45) is 0 Å². The van der Waals surface area contributed by atoms with Gasteiger partial charge in [0.25, 0.3) is 0 Å². The quantitative estimate of drug-likeness (QED) is 0.383. The first kappa shape index (κ1) is 15.5. The fourth-order valence-electron chi connectivity index (χ4n) is 2.65. The molecule has 0 aromatic carbocycles. The van der Waals surface area contributed by atoms with Crippen LogP contribution in [0.15, 0.2) is 0 Å². The van der Waals surface area contributed by atoms with Crippen LogP contribution in [-0.4, -0.2) is 12.1 Å². The van der Waals surface area contributed by atoms with Crippen molar-refractivity contribution in [3.05, 3.63) is 0 Å². The first-order valence-corrected chi connectivity index (χ1v) is 8.02. The second kappa shape index (κ2) is 10.4. The third-order valence-corrected chi connectivity index (χ3v) is 3.85. The molecule has 0 radical (unpaired) electrons. The number of carbonyl (C=O) groups is 1. The van der Waals surface area contributed by atoms with Gasteiger partial charge in [-0.1, -0.05) is 64.7 Å². The van der Waals surface area contributed by atoms with Crippen molar-refractivity contribution in [1.82, 2.24) is 0 Å². The molecular weight excluding hydrogens is 224 g/mol. The average Bonchev–Trinajstić information content (AvgIpc) is 2.77. The van der Waals surface area contributed by atoms with Crippen LogP contribution >= 0.6 is 0 Å². The predicted octanol–water partition coefficient (Wildman–Crippen LogP) is 5.00. The maximum atomic E-state index is 10.9.